The second kappa shape index (κ2) is 19.2. The second-order valence-corrected chi connectivity index (χ2v) is 25.7. The number of hydrogen-bond donors (Lipinski definition) is 0. The van der Waals surface area contributed by atoms with E-state index in [4.69, 9.17) is 21.5 Å². The average molecular weight is 1040 g/mol. The third kappa shape index (κ3) is 9.15. The number of rotatable bonds is 7. The van der Waals surface area contributed by atoms with Gasteiger partial charge in [0, 0.05) is 38.2 Å². The number of benzene rings is 9. The molecule has 0 spiro atoms. The van der Waals surface area contributed by atoms with E-state index in [9.17, 15) is 0 Å². The minimum absolute atomic E-state index is 0.0696. The molecule has 0 N–H and O–H groups in total. The molecule has 0 unspecified atom stereocenters. The second-order valence-electron chi connectivity index (χ2n) is 25.7. The van der Waals surface area contributed by atoms with Crippen LogP contribution in [0.1, 0.15) is 105 Å². The maximum atomic E-state index is 8.37. The van der Waals surface area contributed by atoms with E-state index in [0.717, 1.165) is 72.4 Å². The summed E-state index contributed by atoms with van der Waals surface area (Å²) in [5, 5.41) is 4.78. The lowest BCUT2D eigenvalue weighted by atomic mass is 9.85. The maximum Gasteiger partial charge on any atom is 0.194 e. The first-order valence-electron chi connectivity index (χ1n) is 28.0. The Hall–Kier alpha value is -8.92. The Morgan fingerprint density at radius 3 is 1.14 bits per heavy atom. The summed E-state index contributed by atoms with van der Waals surface area (Å²) in [7, 11) is 0. The van der Waals surface area contributed by atoms with E-state index in [-0.39, 0.29) is 21.7 Å². The van der Waals surface area contributed by atoms with Crippen molar-refractivity contribution in [2.24, 2.45) is 0 Å². The molecule has 394 valence electrons. The molecule has 6 nitrogen and oxygen atoms in total. The van der Waals surface area contributed by atoms with E-state index in [1.54, 1.807) is 0 Å². The number of fused-ring (bicyclic) bond motifs is 6. The van der Waals surface area contributed by atoms with E-state index in [1.807, 2.05) is 54.6 Å². The van der Waals surface area contributed by atoms with Gasteiger partial charge in [-0.25, -0.2) is 19.8 Å². The van der Waals surface area contributed by atoms with Crippen molar-refractivity contribution in [2.75, 3.05) is 0 Å². The minimum atomic E-state index is -0.0788. The molecule has 0 atom stereocenters. The van der Waals surface area contributed by atoms with Gasteiger partial charge in [0.2, 0.25) is 0 Å². The lowest BCUT2D eigenvalue weighted by Crippen LogP contribution is -2.10. The summed E-state index contributed by atoms with van der Waals surface area (Å²) in [4.78, 5) is 20.5. The van der Waals surface area contributed by atoms with Gasteiger partial charge in [-0.2, -0.15) is 0 Å². The van der Waals surface area contributed by atoms with E-state index >= 15 is 0 Å². The molecule has 0 aliphatic rings. The van der Waals surface area contributed by atoms with Crippen molar-refractivity contribution in [3.8, 4) is 67.8 Å². The fraction of sp³-hybridized carbons (Fsp3) is 0.216. The topological polar surface area (TPSA) is 52.9 Å². The molecule has 0 fully saturated rings. The summed E-state index contributed by atoms with van der Waals surface area (Å²) in [5.74, 6) is 1.70. The summed E-state index contributed by atoms with van der Waals surface area (Å²) in [6.45, 7) is 35.8. The molecule has 0 aliphatic heterocycles. The van der Waals surface area contributed by atoms with Crippen molar-refractivity contribution in [1.29, 1.82) is 0 Å². The highest BCUT2D eigenvalue weighted by Gasteiger charge is 2.29. The van der Waals surface area contributed by atoms with Gasteiger partial charge in [-0.3, -0.25) is 0 Å². The monoisotopic (exact) mass is 1040 g/mol. The number of aromatic nitrogens is 5. The van der Waals surface area contributed by atoms with Gasteiger partial charge in [-0.1, -0.05) is 210 Å². The first-order chi connectivity index (χ1) is 38.2. The Morgan fingerprint density at radius 1 is 0.325 bits per heavy atom. The molecule has 6 heteroatoms. The SMILES string of the molecule is [C-]#[N+]c1ccccc1-c1ccc(-n2c3ccc(C(C)(C)C)cc3c3cc(C(C)(C)C)ccc32)c(-c2cccc(-n3c4ccc(C(C)(C)C)cc4c4cc(C(C)(C)C)ccc43)c2-c2nc(-c3ccccc3)nc(-c3ccccc3)n2)c1. The molecule has 12 rings (SSSR count). The largest absolute Gasteiger partial charge is 0.309 e. The lowest BCUT2D eigenvalue weighted by molar-refractivity contribution is 0.590. The Morgan fingerprint density at radius 2 is 0.713 bits per heavy atom. The third-order valence-corrected chi connectivity index (χ3v) is 16.1. The molecular weight excluding hydrogens is 973 g/mol. The molecule has 0 bridgehead atoms. The van der Waals surface area contributed by atoms with Gasteiger partial charge in [0.15, 0.2) is 23.2 Å². The van der Waals surface area contributed by atoms with Crippen molar-refractivity contribution in [3.63, 3.8) is 0 Å². The molecule has 0 radical (unpaired) electrons. The molecule has 0 aliphatic carbocycles. The van der Waals surface area contributed by atoms with Crippen LogP contribution in [0.15, 0.2) is 194 Å². The molecular formula is C74H68N6. The van der Waals surface area contributed by atoms with E-state index in [1.165, 1.54) is 43.8 Å². The first-order valence-corrected chi connectivity index (χ1v) is 28.0. The van der Waals surface area contributed by atoms with E-state index in [0.29, 0.717) is 23.2 Å². The van der Waals surface area contributed by atoms with Crippen molar-refractivity contribution in [1.82, 2.24) is 24.1 Å². The van der Waals surface area contributed by atoms with Crippen molar-refractivity contribution in [3.05, 3.63) is 228 Å². The van der Waals surface area contributed by atoms with Crippen molar-refractivity contribution in [2.45, 2.75) is 105 Å². The molecule has 0 saturated heterocycles. The zero-order valence-electron chi connectivity index (χ0n) is 48.2. The molecule has 9 aromatic carbocycles. The standard InChI is InChI=1S/C74H68N6/c1-71(2,3)49-32-37-62-56(42-49)57-43-50(72(4,5)6)33-38-63(57)79(62)61-36-31-48(53-27-20-21-29-60(53)75-13)41-55(61)54-28-22-30-66(67(54)70-77-68(46-23-16-14-17-24-46)76-69(78-70)47-25-18-15-19-26-47)80-64-39-34-51(73(7,8)9)44-58(64)59-45-52(74(10,11)12)35-40-65(59)80/h14-45H,1-12H3. The molecule has 0 saturated carbocycles. The fourth-order valence-corrected chi connectivity index (χ4v) is 11.5. The Balaban J connectivity index is 1.27. The molecule has 3 aromatic heterocycles. The van der Waals surface area contributed by atoms with Gasteiger partial charge in [0.1, 0.15) is 0 Å². The fourth-order valence-electron chi connectivity index (χ4n) is 11.5. The number of para-hydroxylation sites is 1. The van der Waals surface area contributed by atoms with Crippen LogP contribution >= 0.6 is 0 Å². The molecule has 12 aromatic rings. The van der Waals surface area contributed by atoms with Crippen LogP contribution in [-0.2, 0) is 21.7 Å². The van der Waals surface area contributed by atoms with Gasteiger partial charge >= 0.3 is 0 Å². The predicted octanol–water partition coefficient (Wildman–Crippen LogP) is 20.1. The van der Waals surface area contributed by atoms with Crippen LogP contribution in [0.3, 0.4) is 0 Å². The smallest absolute Gasteiger partial charge is 0.194 e. The van der Waals surface area contributed by atoms with Crippen LogP contribution in [0.25, 0.3) is 116 Å². The highest BCUT2D eigenvalue weighted by molar-refractivity contribution is 6.12. The molecule has 3 heterocycles. The van der Waals surface area contributed by atoms with Gasteiger partial charge in [0.05, 0.1) is 45.6 Å². The summed E-state index contributed by atoms with van der Waals surface area (Å²) < 4.78 is 4.90. The average Bonchev–Trinajstić information content (AvgIpc) is 4.19. The number of nitrogens with zero attached hydrogens (tertiary/aromatic N) is 6. The number of hydrogen-bond acceptors (Lipinski definition) is 3. The van der Waals surface area contributed by atoms with Crippen LogP contribution in [0.5, 0.6) is 0 Å². The van der Waals surface area contributed by atoms with Crippen LogP contribution in [0, 0.1) is 6.57 Å². The summed E-state index contributed by atoms with van der Waals surface area (Å²) in [6.07, 6.45) is 0. The zero-order chi connectivity index (χ0) is 56.0. The first kappa shape index (κ1) is 51.8. The third-order valence-electron chi connectivity index (χ3n) is 16.1. The van der Waals surface area contributed by atoms with Gasteiger partial charge in [0.25, 0.3) is 0 Å². The van der Waals surface area contributed by atoms with Crippen LogP contribution < -0.4 is 0 Å². The highest BCUT2D eigenvalue weighted by Crippen LogP contribution is 2.47. The van der Waals surface area contributed by atoms with Gasteiger partial charge in [-0.15, -0.1) is 0 Å². The summed E-state index contributed by atoms with van der Waals surface area (Å²) in [6, 6.07) is 69.9. The van der Waals surface area contributed by atoms with Crippen LogP contribution in [0.2, 0.25) is 0 Å². The van der Waals surface area contributed by atoms with Crippen LogP contribution in [-0.4, -0.2) is 24.1 Å². The normalized spacial score (nSPS) is 12.5. The van der Waals surface area contributed by atoms with Crippen molar-refractivity contribution < 1.29 is 0 Å². The highest BCUT2D eigenvalue weighted by atomic mass is 15.1. The lowest BCUT2D eigenvalue weighted by Gasteiger charge is -2.22. The van der Waals surface area contributed by atoms with Gasteiger partial charge in [-0.05, 0) is 127 Å². The predicted molar refractivity (Wildman–Crippen MR) is 337 cm³/mol. The van der Waals surface area contributed by atoms with Crippen molar-refractivity contribution >= 4 is 49.3 Å². The van der Waals surface area contributed by atoms with Crippen LogP contribution in [0.4, 0.5) is 5.69 Å². The minimum Gasteiger partial charge on any atom is -0.309 e. The Bertz CT molecular complexity index is 4240. The Kier molecular flexibility index (Phi) is 12.4. The van der Waals surface area contributed by atoms with Gasteiger partial charge < -0.3 is 9.13 Å². The molecule has 80 heavy (non-hydrogen) atoms. The summed E-state index contributed by atoms with van der Waals surface area (Å²) in [5.41, 5.74) is 18.0. The van der Waals surface area contributed by atoms with E-state index < -0.39 is 0 Å². The quantitative estimate of drug-likeness (QED) is 0.150. The molecule has 0 amide bonds. The van der Waals surface area contributed by atoms with E-state index in [2.05, 4.69) is 237 Å². The zero-order valence-corrected chi connectivity index (χ0v) is 48.2. The summed E-state index contributed by atoms with van der Waals surface area (Å²) >= 11 is 0. The Labute approximate surface area is 471 Å². The maximum absolute atomic E-state index is 8.37.